The number of ether oxygens (including phenoxy) is 1. The maximum absolute atomic E-state index is 13.1. The number of aryl methyl sites for hydroxylation is 1. The van der Waals surface area contributed by atoms with E-state index in [2.05, 4.69) is 10.6 Å². The first-order valence-electron chi connectivity index (χ1n) is 10.7. The van der Waals surface area contributed by atoms with Gasteiger partial charge in [0, 0.05) is 12.0 Å². The zero-order chi connectivity index (χ0) is 22.8. The Bertz CT molecular complexity index is 863. The van der Waals surface area contributed by atoms with Gasteiger partial charge in [-0.1, -0.05) is 68.8 Å². The van der Waals surface area contributed by atoms with Gasteiger partial charge in [-0.15, -0.1) is 0 Å². The van der Waals surface area contributed by atoms with Crippen molar-refractivity contribution < 1.29 is 19.1 Å². The normalized spacial score (nSPS) is 12.7. The lowest BCUT2D eigenvalue weighted by molar-refractivity contribution is -0.148. The topological polar surface area (TPSA) is 84.5 Å². The van der Waals surface area contributed by atoms with Gasteiger partial charge < -0.3 is 15.4 Å². The summed E-state index contributed by atoms with van der Waals surface area (Å²) in [5.41, 5.74) is 2.43. The minimum absolute atomic E-state index is 0.168. The van der Waals surface area contributed by atoms with Crippen LogP contribution < -0.4 is 10.6 Å². The molecule has 0 saturated heterocycles. The number of rotatable bonds is 10. The second-order valence-electron chi connectivity index (χ2n) is 7.98. The van der Waals surface area contributed by atoms with Crippen LogP contribution in [-0.4, -0.2) is 36.5 Å². The van der Waals surface area contributed by atoms with Crippen LogP contribution in [0.2, 0.25) is 0 Å². The van der Waals surface area contributed by atoms with Crippen molar-refractivity contribution in [3.8, 4) is 0 Å². The molecule has 2 amide bonds. The van der Waals surface area contributed by atoms with Gasteiger partial charge in [-0.05, 0) is 37.0 Å². The number of nitrogens with one attached hydrogen (secondary N) is 2. The Morgan fingerprint density at radius 2 is 1.58 bits per heavy atom. The highest BCUT2D eigenvalue weighted by Gasteiger charge is 2.30. The molecule has 0 unspecified atom stereocenters. The molecule has 2 N–H and O–H groups in total. The quantitative estimate of drug-likeness (QED) is 0.573. The molecule has 0 heterocycles. The lowest BCUT2D eigenvalue weighted by Crippen LogP contribution is -2.54. The Hall–Kier alpha value is -3.15. The summed E-state index contributed by atoms with van der Waals surface area (Å²) >= 11 is 0. The highest BCUT2D eigenvalue weighted by molar-refractivity contribution is 5.98. The molecule has 0 radical (unpaired) electrons. The minimum atomic E-state index is -0.834. The molecule has 2 aromatic carbocycles. The van der Waals surface area contributed by atoms with Crippen molar-refractivity contribution in [3.63, 3.8) is 0 Å². The standard InChI is InChI=1S/C25H32N2O4/c1-5-15-31-25(30)21(16-19-9-7-6-8-10-19)26-24(29)22(17(2)3)27-23(28)20-13-11-18(4)12-14-20/h6-14,17,21-22H,5,15-16H2,1-4H3,(H,26,29)(H,27,28)/t21-,22+/m0/s1. The predicted molar refractivity (Wildman–Crippen MR) is 121 cm³/mol. The number of hydrogen-bond acceptors (Lipinski definition) is 4. The highest BCUT2D eigenvalue weighted by Crippen LogP contribution is 2.10. The molecule has 2 atom stereocenters. The van der Waals surface area contributed by atoms with Crippen molar-refractivity contribution in [2.75, 3.05) is 6.61 Å². The van der Waals surface area contributed by atoms with E-state index in [1.807, 2.05) is 70.2 Å². The van der Waals surface area contributed by atoms with E-state index in [9.17, 15) is 14.4 Å². The van der Waals surface area contributed by atoms with Gasteiger partial charge in [0.25, 0.3) is 5.91 Å². The van der Waals surface area contributed by atoms with Crippen LogP contribution >= 0.6 is 0 Å². The molecule has 0 aliphatic heterocycles. The molecule has 6 nitrogen and oxygen atoms in total. The van der Waals surface area contributed by atoms with Crippen molar-refractivity contribution in [1.82, 2.24) is 10.6 Å². The average molecular weight is 425 g/mol. The third-order valence-electron chi connectivity index (χ3n) is 4.88. The van der Waals surface area contributed by atoms with Gasteiger partial charge in [0.15, 0.2) is 0 Å². The van der Waals surface area contributed by atoms with Gasteiger partial charge in [0.05, 0.1) is 6.61 Å². The molecule has 166 valence electrons. The van der Waals surface area contributed by atoms with Crippen LogP contribution in [0.15, 0.2) is 54.6 Å². The molecule has 0 fully saturated rings. The number of benzene rings is 2. The predicted octanol–water partition coefficient (Wildman–Crippen LogP) is 3.43. The van der Waals surface area contributed by atoms with Crippen LogP contribution in [0, 0.1) is 12.8 Å². The Kier molecular flexibility index (Phi) is 9.25. The average Bonchev–Trinajstić information content (AvgIpc) is 2.76. The maximum Gasteiger partial charge on any atom is 0.328 e. The number of hydrogen-bond donors (Lipinski definition) is 2. The van der Waals surface area contributed by atoms with Crippen molar-refractivity contribution in [3.05, 3.63) is 71.3 Å². The number of amides is 2. The summed E-state index contributed by atoms with van der Waals surface area (Å²) in [7, 11) is 0. The van der Waals surface area contributed by atoms with Crippen molar-refractivity contribution in [2.45, 2.75) is 52.6 Å². The number of carbonyl (C=O) groups is 3. The monoisotopic (exact) mass is 424 g/mol. The van der Waals surface area contributed by atoms with Crippen LogP contribution in [0.3, 0.4) is 0 Å². The highest BCUT2D eigenvalue weighted by atomic mass is 16.5. The molecule has 6 heteroatoms. The van der Waals surface area contributed by atoms with Gasteiger partial charge in [-0.25, -0.2) is 4.79 Å². The minimum Gasteiger partial charge on any atom is -0.464 e. The maximum atomic E-state index is 13.1. The lowest BCUT2D eigenvalue weighted by atomic mass is 10.0. The molecule has 0 bridgehead atoms. The van der Waals surface area contributed by atoms with Crippen molar-refractivity contribution in [1.29, 1.82) is 0 Å². The Balaban J connectivity index is 2.13. The van der Waals surface area contributed by atoms with Gasteiger partial charge in [0.1, 0.15) is 12.1 Å². The Morgan fingerprint density at radius 3 is 2.16 bits per heavy atom. The molecule has 0 saturated carbocycles. The third-order valence-corrected chi connectivity index (χ3v) is 4.88. The second-order valence-corrected chi connectivity index (χ2v) is 7.98. The smallest absolute Gasteiger partial charge is 0.328 e. The summed E-state index contributed by atoms with van der Waals surface area (Å²) in [6.07, 6.45) is 1.00. The number of carbonyl (C=O) groups excluding carboxylic acids is 3. The van der Waals surface area contributed by atoms with E-state index >= 15 is 0 Å². The summed E-state index contributed by atoms with van der Waals surface area (Å²) in [6.45, 7) is 7.84. The van der Waals surface area contributed by atoms with E-state index in [1.165, 1.54) is 0 Å². The molecular weight excluding hydrogens is 392 g/mol. The molecule has 0 spiro atoms. The van der Waals surface area contributed by atoms with Crippen LogP contribution in [0.1, 0.15) is 48.7 Å². The molecule has 0 aromatic heterocycles. The second kappa shape index (κ2) is 11.9. The SMILES string of the molecule is CCCOC(=O)[C@H](Cc1ccccc1)NC(=O)[C@H](NC(=O)c1ccc(C)cc1)C(C)C. The molecule has 31 heavy (non-hydrogen) atoms. The van der Waals surface area contributed by atoms with Gasteiger partial charge >= 0.3 is 5.97 Å². The summed E-state index contributed by atoms with van der Waals surface area (Å²) in [6, 6.07) is 15.0. The number of esters is 1. The Morgan fingerprint density at radius 1 is 0.935 bits per heavy atom. The zero-order valence-corrected chi connectivity index (χ0v) is 18.7. The van der Waals surface area contributed by atoms with Crippen molar-refractivity contribution in [2.24, 2.45) is 5.92 Å². The van der Waals surface area contributed by atoms with Crippen LogP contribution in [0.5, 0.6) is 0 Å². The molecule has 0 aliphatic rings. The summed E-state index contributed by atoms with van der Waals surface area (Å²) in [4.78, 5) is 38.3. The zero-order valence-electron chi connectivity index (χ0n) is 18.7. The van der Waals surface area contributed by atoms with Crippen LogP contribution in [0.4, 0.5) is 0 Å². The summed E-state index contributed by atoms with van der Waals surface area (Å²) in [5.74, 6) is -1.39. The first-order valence-corrected chi connectivity index (χ1v) is 10.7. The Labute approximate surface area is 184 Å². The van der Waals surface area contributed by atoms with E-state index < -0.39 is 24.0 Å². The first-order chi connectivity index (χ1) is 14.8. The fourth-order valence-corrected chi connectivity index (χ4v) is 3.07. The molecule has 2 aromatic rings. The van der Waals surface area contributed by atoms with Crippen LogP contribution in [0.25, 0.3) is 0 Å². The van der Waals surface area contributed by atoms with Crippen molar-refractivity contribution >= 4 is 17.8 Å². The molecular formula is C25H32N2O4. The van der Waals surface area contributed by atoms with Gasteiger partial charge in [-0.3, -0.25) is 9.59 Å². The van der Waals surface area contributed by atoms with E-state index in [4.69, 9.17) is 4.74 Å². The fourth-order valence-electron chi connectivity index (χ4n) is 3.07. The first kappa shape index (κ1) is 24.1. The third kappa shape index (κ3) is 7.55. The molecule has 0 aliphatic carbocycles. The van der Waals surface area contributed by atoms with E-state index in [-0.39, 0.29) is 18.4 Å². The largest absolute Gasteiger partial charge is 0.464 e. The summed E-state index contributed by atoms with van der Waals surface area (Å²) in [5, 5.41) is 5.59. The fraction of sp³-hybridized carbons (Fsp3) is 0.400. The molecule has 2 rings (SSSR count). The van der Waals surface area contributed by atoms with Gasteiger partial charge in [-0.2, -0.15) is 0 Å². The summed E-state index contributed by atoms with van der Waals surface area (Å²) < 4.78 is 5.29. The van der Waals surface area contributed by atoms with Crippen LogP contribution in [-0.2, 0) is 20.7 Å². The lowest BCUT2D eigenvalue weighted by Gasteiger charge is -2.25. The van der Waals surface area contributed by atoms with Gasteiger partial charge in [0.2, 0.25) is 5.91 Å². The van der Waals surface area contributed by atoms with E-state index in [1.54, 1.807) is 12.1 Å². The van der Waals surface area contributed by atoms with E-state index in [0.717, 1.165) is 11.1 Å². The van der Waals surface area contributed by atoms with E-state index in [0.29, 0.717) is 18.4 Å².